The van der Waals surface area contributed by atoms with E-state index in [0.29, 0.717) is 27.8 Å². The molecule has 0 radical (unpaired) electrons. The number of carbonyl (C=O) groups excluding carboxylic acids is 2. The molecule has 2 aromatic carbocycles. The molecule has 0 fully saturated rings. The number of halogens is 1. The van der Waals surface area contributed by atoms with Crippen molar-refractivity contribution in [3.05, 3.63) is 64.7 Å². The average molecular weight is 349 g/mol. The minimum absolute atomic E-state index is 0.0882. The summed E-state index contributed by atoms with van der Waals surface area (Å²) in [5, 5.41) is 6.06. The molecule has 6 heteroatoms. The number of amides is 2. The lowest BCUT2D eigenvalue weighted by Crippen LogP contribution is -2.18. The van der Waals surface area contributed by atoms with Crippen molar-refractivity contribution in [2.45, 2.75) is 5.75 Å². The standard InChI is InChI=1S/C17H17ClN2O2S/c1-19-17(22)12-6-8-14(9-7-12)20-16(21)11-23-10-13-4-2-3-5-15(13)18/h2-9H,10-11H2,1H3,(H,19,22)(H,20,21). The Morgan fingerprint density at radius 3 is 2.43 bits per heavy atom. The first-order chi connectivity index (χ1) is 11.1. The van der Waals surface area contributed by atoms with Crippen molar-refractivity contribution in [3.8, 4) is 0 Å². The molecule has 120 valence electrons. The molecule has 2 rings (SSSR count). The predicted molar refractivity (Wildman–Crippen MR) is 96.1 cm³/mol. The Labute approximate surface area is 144 Å². The van der Waals surface area contributed by atoms with Gasteiger partial charge < -0.3 is 10.6 Å². The Hall–Kier alpha value is -1.98. The zero-order valence-corrected chi connectivity index (χ0v) is 14.2. The van der Waals surface area contributed by atoms with Gasteiger partial charge in [0.15, 0.2) is 0 Å². The van der Waals surface area contributed by atoms with Crippen molar-refractivity contribution in [1.82, 2.24) is 5.32 Å². The number of carbonyl (C=O) groups is 2. The second kappa shape index (κ2) is 8.60. The lowest BCUT2D eigenvalue weighted by atomic mass is 10.2. The van der Waals surface area contributed by atoms with Crippen LogP contribution in [0.3, 0.4) is 0 Å². The van der Waals surface area contributed by atoms with Crippen molar-refractivity contribution < 1.29 is 9.59 Å². The molecule has 0 atom stereocenters. The van der Waals surface area contributed by atoms with Gasteiger partial charge in [0.25, 0.3) is 5.91 Å². The number of hydrogen-bond acceptors (Lipinski definition) is 3. The fourth-order valence-corrected chi connectivity index (χ4v) is 3.03. The summed E-state index contributed by atoms with van der Waals surface area (Å²) >= 11 is 7.57. The third-order valence-corrected chi connectivity index (χ3v) is 4.46. The molecule has 0 aromatic heterocycles. The van der Waals surface area contributed by atoms with Crippen LogP contribution in [0.5, 0.6) is 0 Å². The minimum Gasteiger partial charge on any atom is -0.355 e. The fourth-order valence-electron chi connectivity index (χ4n) is 1.92. The van der Waals surface area contributed by atoms with Gasteiger partial charge in [0.1, 0.15) is 0 Å². The summed E-state index contributed by atoms with van der Waals surface area (Å²) in [5.41, 5.74) is 2.24. The number of rotatable bonds is 6. The molecule has 4 nitrogen and oxygen atoms in total. The lowest BCUT2D eigenvalue weighted by molar-refractivity contribution is -0.113. The Bertz CT molecular complexity index is 689. The van der Waals surface area contributed by atoms with Crippen LogP contribution in [0.25, 0.3) is 0 Å². The number of hydrogen-bond donors (Lipinski definition) is 2. The monoisotopic (exact) mass is 348 g/mol. The van der Waals surface area contributed by atoms with Gasteiger partial charge in [-0.2, -0.15) is 0 Å². The Balaban J connectivity index is 1.81. The highest BCUT2D eigenvalue weighted by atomic mass is 35.5. The highest BCUT2D eigenvalue weighted by Gasteiger charge is 2.06. The van der Waals surface area contributed by atoms with E-state index in [2.05, 4.69) is 10.6 Å². The van der Waals surface area contributed by atoms with Gasteiger partial charge in [0.05, 0.1) is 5.75 Å². The SMILES string of the molecule is CNC(=O)c1ccc(NC(=O)CSCc2ccccc2Cl)cc1. The lowest BCUT2D eigenvalue weighted by Gasteiger charge is -2.07. The van der Waals surface area contributed by atoms with Crippen LogP contribution in [0.4, 0.5) is 5.69 Å². The summed E-state index contributed by atoms with van der Waals surface area (Å²) in [6, 6.07) is 14.4. The van der Waals surface area contributed by atoms with E-state index in [0.717, 1.165) is 5.56 Å². The molecule has 2 amide bonds. The number of anilines is 1. The van der Waals surface area contributed by atoms with Crippen molar-refractivity contribution in [1.29, 1.82) is 0 Å². The van der Waals surface area contributed by atoms with E-state index in [-0.39, 0.29) is 11.8 Å². The Kier molecular flexibility index (Phi) is 6.50. The fraction of sp³-hybridized carbons (Fsp3) is 0.176. The number of thioether (sulfide) groups is 1. The summed E-state index contributed by atoms with van der Waals surface area (Å²) in [5.74, 6) is 0.776. The van der Waals surface area contributed by atoms with E-state index in [1.807, 2.05) is 24.3 Å². The van der Waals surface area contributed by atoms with E-state index in [1.54, 1.807) is 31.3 Å². The van der Waals surface area contributed by atoms with Gasteiger partial charge in [0, 0.05) is 29.1 Å². The van der Waals surface area contributed by atoms with E-state index in [4.69, 9.17) is 11.6 Å². The molecular weight excluding hydrogens is 332 g/mol. The van der Waals surface area contributed by atoms with E-state index in [9.17, 15) is 9.59 Å². The van der Waals surface area contributed by atoms with Crippen molar-refractivity contribution in [3.63, 3.8) is 0 Å². The molecule has 2 aromatic rings. The maximum atomic E-state index is 11.9. The first-order valence-corrected chi connectivity index (χ1v) is 8.56. The van der Waals surface area contributed by atoms with Crippen molar-refractivity contribution in [2.24, 2.45) is 0 Å². The second-order valence-corrected chi connectivity index (χ2v) is 6.18. The van der Waals surface area contributed by atoms with Crippen LogP contribution in [0.15, 0.2) is 48.5 Å². The third kappa shape index (κ3) is 5.30. The highest BCUT2D eigenvalue weighted by molar-refractivity contribution is 7.99. The largest absolute Gasteiger partial charge is 0.355 e. The van der Waals surface area contributed by atoms with Gasteiger partial charge in [-0.05, 0) is 35.9 Å². The normalized spacial score (nSPS) is 10.2. The Morgan fingerprint density at radius 1 is 1.09 bits per heavy atom. The van der Waals surface area contributed by atoms with E-state index >= 15 is 0 Å². The maximum absolute atomic E-state index is 11.9. The van der Waals surface area contributed by atoms with Gasteiger partial charge in [0.2, 0.25) is 5.91 Å². The quantitative estimate of drug-likeness (QED) is 0.839. The molecule has 0 heterocycles. The minimum atomic E-state index is -0.154. The summed E-state index contributed by atoms with van der Waals surface area (Å²) in [6.07, 6.45) is 0. The molecule has 0 saturated heterocycles. The molecule has 0 aliphatic rings. The maximum Gasteiger partial charge on any atom is 0.251 e. The zero-order valence-electron chi connectivity index (χ0n) is 12.6. The van der Waals surface area contributed by atoms with Crippen LogP contribution in [-0.4, -0.2) is 24.6 Å². The van der Waals surface area contributed by atoms with E-state index < -0.39 is 0 Å². The molecule has 23 heavy (non-hydrogen) atoms. The summed E-state index contributed by atoms with van der Waals surface area (Å²) in [6.45, 7) is 0. The second-order valence-electron chi connectivity index (χ2n) is 4.79. The molecule has 0 spiro atoms. The van der Waals surface area contributed by atoms with Gasteiger partial charge in [-0.3, -0.25) is 9.59 Å². The van der Waals surface area contributed by atoms with Gasteiger partial charge in [-0.25, -0.2) is 0 Å². The van der Waals surface area contributed by atoms with Crippen LogP contribution < -0.4 is 10.6 Å². The molecule has 2 N–H and O–H groups in total. The number of benzene rings is 2. The summed E-state index contributed by atoms with van der Waals surface area (Å²) < 4.78 is 0. The highest BCUT2D eigenvalue weighted by Crippen LogP contribution is 2.20. The summed E-state index contributed by atoms with van der Waals surface area (Å²) in [4.78, 5) is 23.4. The predicted octanol–water partition coefficient (Wildman–Crippen LogP) is 3.57. The zero-order chi connectivity index (χ0) is 16.7. The molecule has 0 aliphatic heterocycles. The van der Waals surface area contributed by atoms with E-state index in [1.165, 1.54) is 11.8 Å². The van der Waals surface area contributed by atoms with Gasteiger partial charge in [-0.15, -0.1) is 11.8 Å². The Morgan fingerprint density at radius 2 is 1.78 bits per heavy atom. The van der Waals surface area contributed by atoms with Crippen LogP contribution in [0.2, 0.25) is 5.02 Å². The molecule has 0 aliphatic carbocycles. The van der Waals surface area contributed by atoms with Crippen molar-refractivity contribution in [2.75, 3.05) is 18.1 Å². The number of nitrogens with one attached hydrogen (secondary N) is 2. The van der Waals surface area contributed by atoms with Crippen LogP contribution in [0, 0.1) is 0 Å². The summed E-state index contributed by atoms with van der Waals surface area (Å²) in [7, 11) is 1.58. The molecular formula is C17H17ClN2O2S. The molecule has 0 bridgehead atoms. The average Bonchev–Trinajstić information content (AvgIpc) is 2.56. The van der Waals surface area contributed by atoms with Crippen molar-refractivity contribution >= 4 is 40.9 Å². The first kappa shape index (κ1) is 17.4. The van der Waals surface area contributed by atoms with Gasteiger partial charge >= 0.3 is 0 Å². The smallest absolute Gasteiger partial charge is 0.251 e. The van der Waals surface area contributed by atoms with Crippen LogP contribution in [0.1, 0.15) is 15.9 Å². The first-order valence-electron chi connectivity index (χ1n) is 7.03. The molecule has 0 unspecified atom stereocenters. The third-order valence-electron chi connectivity index (χ3n) is 3.11. The molecule has 0 saturated carbocycles. The van der Waals surface area contributed by atoms with Crippen LogP contribution in [-0.2, 0) is 10.5 Å². The topological polar surface area (TPSA) is 58.2 Å². The van der Waals surface area contributed by atoms with Gasteiger partial charge in [-0.1, -0.05) is 29.8 Å². The van der Waals surface area contributed by atoms with Crippen LogP contribution >= 0.6 is 23.4 Å².